The highest BCUT2D eigenvalue weighted by Crippen LogP contribution is 2.24. The molecule has 0 aliphatic carbocycles. The number of likely N-dealkylation sites (tertiary alicyclic amines) is 1. The van der Waals surface area contributed by atoms with Crippen LogP contribution in [0.1, 0.15) is 19.8 Å². The van der Waals surface area contributed by atoms with E-state index >= 15 is 0 Å². The molecule has 1 aliphatic heterocycles. The standard InChI is InChI=1S/C16H23N5S.HI/c1-2-17-15(21-11-5-6-12-21)18-9-10-19-16-20-13-7-3-4-8-14(13)22-16;/h3-4,7-8H,2,5-6,9-12H2,1H3,(H,17,18)(H,19,20);1H. The van der Waals surface area contributed by atoms with E-state index in [1.165, 1.54) is 17.5 Å². The largest absolute Gasteiger partial charge is 0.360 e. The van der Waals surface area contributed by atoms with Gasteiger partial charge in [0.25, 0.3) is 0 Å². The van der Waals surface area contributed by atoms with Gasteiger partial charge in [0.15, 0.2) is 11.1 Å². The summed E-state index contributed by atoms with van der Waals surface area (Å²) in [5, 5.41) is 7.73. The summed E-state index contributed by atoms with van der Waals surface area (Å²) in [6.07, 6.45) is 2.54. The van der Waals surface area contributed by atoms with E-state index in [1.54, 1.807) is 11.3 Å². The third-order valence-electron chi connectivity index (χ3n) is 3.68. The zero-order valence-corrected chi connectivity index (χ0v) is 16.6. The molecule has 5 nitrogen and oxygen atoms in total. The lowest BCUT2D eigenvalue weighted by Gasteiger charge is -2.20. The molecule has 1 aliphatic rings. The van der Waals surface area contributed by atoms with Gasteiger partial charge in [0, 0.05) is 26.2 Å². The fraction of sp³-hybridized carbons (Fsp3) is 0.500. The molecule has 2 aromatic rings. The smallest absolute Gasteiger partial charge is 0.193 e. The number of nitrogens with one attached hydrogen (secondary N) is 2. The minimum atomic E-state index is 0. The van der Waals surface area contributed by atoms with Crippen molar-refractivity contribution in [3.8, 4) is 0 Å². The number of anilines is 1. The lowest BCUT2D eigenvalue weighted by atomic mass is 10.3. The second-order valence-corrected chi connectivity index (χ2v) is 6.37. The molecule has 0 bridgehead atoms. The third kappa shape index (κ3) is 4.94. The number of guanidine groups is 1. The van der Waals surface area contributed by atoms with Gasteiger partial charge in [-0.3, -0.25) is 4.99 Å². The zero-order chi connectivity index (χ0) is 15.2. The van der Waals surface area contributed by atoms with Crippen LogP contribution in [0.15, 0.2) is 29.3 Å². The average molecular weight is 445 g/mol. The second-order valence-electron chi connectivity index (χ2n) is 5.34. The Hall–Kier alpha value is -1.09. The molecule has 23 heavy (non-hydrogen) atoms. The minimum Gasteiger partial charge on any atom is -0.360 e. The van der Waals surface area contributed by atoms with Gasteiger partial charge in [0.05, 0.1) is 16.8 Å². The number of nitrogens with zero attached hydrogens (tertiary/aromatic N) is 3. The molecular formula is C16H24IN5S. The predicted octanol–water partition coefficient (Wildman–Crippen LogP) is 3.39. The van der Waals surface area contributed by atoms with E-state index in [0.717, 1.165) is 49.3 Å². The molecule has 7 heteroatoms. The van der Waals surface area contributed by atoms with E-state index in [9.17, 15) is 0 Å². The number of aliphatic imine (C=N–C) groups is 1. The Morgan fingerprint density at radius 3 is 2.83 bits per heavy atom. The molecule has 0 spiro atoms. The summed E-state index contributed by atoms with van der Waals surface area (Å²) in [4.78, 5) is 11.6. The number of rotatable bonds is 5. The Morgan fingerprint density at radius 1 is 1.30 bits per heavy atom. The fourth-order valence-corrected chi connectivity index (χ4v) is 3.52. The van der Waals surface area contributed by atoms with E-state index in [0.29, 0.717) is 0 Å². The predicted molar refractivity (Wildman–Crippen MR) is 110 cm³/mol. The SMILES string of the molecule is CCNC(=NCCNc1nc2ccccc2s1)N1CCCC1.I. The van der Waals surface area contributed by atoms with Crippen molar-refractivity contribution in [1.29, 1.82) is 0 Å². The molecule has 3 rings (SSSR count). The normalized spacial score (nSPS) is 14.8. The molecular weight excluding hydrogens is 421 g/mol. The van der Waals surface area contributed by atoms with Gasteiger partial charge in [-0.25, -0.2) is 4.98 Å². The Morgan fingerprint density at radius 2 is 2.09 bits per heavy atom. The van der Waals surface area contributed by atoms with Gasteiger partial charge in [-0.1, -0.05) is 23.5 Å². The Kier molecular flexibility index (Phi) is 7.35. The Bertz CT molecular complexity index is 603. The molecule has 1 aromatic heterocycles. The maximum atomic E-state index is 4.71. The highest BCUT2D eigenvalue weighted by Gasteiger charge is 2.15. The van der Waals surface area contributed by atoms with Crippen LogP contribution in [0, 0.1) is 0 Å². The molecule has 2 heterocycles. The van der Waals surface area contributed by atoms with E-state index in [4.69, 9.17) is 4.99 Å². The summed E-state index contributed by atoms with van der Waals surface area (Å²) < 4.78 is 1.22. The van der Waals surface area contributed by atoms with Crippen LogP contribution in [-0.4, -0.2) is 48.6 Å². The highest BCUT2D eigenvalue weighted by atomic mass is 127. The first-order valence-corrected chi connectivity index (χ1v) is 8.81. The topological polar surface area (TPSA) is 52.6 Å². The molecule has 0 atom stereocenters. The van der Waals surface area contributed by atoms with Gasteiger partial charge < -0.3 is 15.5 Å². The van der Waals surface area contributed by atoms with Gasteiger partial charge in [0.1, 0.15) is 0 Å². The van der Waals surface area contributed by atoms with Gasteiger partial charge >= 0.3 is 0 Å². The molecule has 1 aromatic carbocycles. The number of aromatic nitrogens is 1. The maximum Gasteiger partial charge on any atom is 0.193 e. The van der Waals surface area contributed by atoms with Crippen LogP contribution >= 0.6 is 35.3 Å². The third-order valence-corrected chi connectivity index (χ3v) is 4.68. The van der Waals surface area contributed by atoms with Gasteiger partial charge in [-0.05, 0) is 31.9 Å². The van der Waals surface area contributed by atoms with E-state index in [1.807, 2.05) is 18.2 Å². The number of fused-ring (bicyclic) bond motifs is 1. The van der Waals surface area contributed by atoms with Crippen LogP contribution in [0.4, 0.5) is 5.13 Å². The number of benzene rings is 1. The molecule has 0 amide bonds. The van der Waals surface area contributed by atoms with Crippen LogP contribution in [0.2, 0.25) is 0 Å². The van der Waals surface area contributed by atoms with Crippen LogP contribution in [0.25, 0.3) is 10.2 Å². The van der Waals surface area contributed by atoms with Crippen molar-refractivity contribution in [2.24, 2.45) is 4.99 Å². The lowest BCUT2D eigenvalue weighted by Crippen LogP contribution is -2.39. The van der Waals surface area contributed by atoms with Crippen molar-refractivity contribution in [3.63, 3.8) is 0 Å². The zero-order valence-electron chi connectivity index (χ0n) is 13.4. The molecule has 0 saturated carbocycles. The van der Waals surface area contributed by atoms with Crippen molar-refractivity contribution in [2.75, 3.05) is 38.0 Å². The van der Waals surface area contributed by atoms with Crippen molar-refractivity contribution in [3.05, 3.63) is 24.3 Å². The number of hydrogen-bond donors (Lipinski definition) is 2. The fourth-order valence-electron chi connectivity index (χ4n) is 2.63. The number of hydrogen-bond acceptors (Lipinski definition) is 4. The van der Waals surface area contributed by atoms with Crippen molar-refractivity contribution < 1.29 is 0 Å². The molecule has 1 fully saturated rings. The lowest BCUT2D eigenvalue weighted by molar-refractivity contribution is 0.494. The second kappa shape index (κ2) is 9.27. The first-order valence-electron chi connectivity index (χ1n) is 7.99. The summed E-state index contributed by atoms with van der Waals surface area (Å²) in [5.41, 5.74) is 1.06. The van der Waals surface area contributed by atoms with Crippen LogP contribution < -0.4 is 10.6 Å². The maximum absolute atomic E-state index is 4.71. The summed E-state index contributed by atoms with van der Waals surface area (Å²) in [5.74, 6) is 1.05. The van der Waals surface area contributed by atoms with Gasteiger partial charge in [-0.2, -0.15) is 0 Å². The molecule has 1 saturated heterocycles. The van der Waals surface area contributed by atoms with Crippen LogP contribution in [0.5, 0.6) is 0 Å². The van der Waals surface area contributed by atoms with E-state index < -0.39 is 0 Å². The monoisotopic (exact) mass is 445 g/mol. The summed E-state index contributed by atoms with van der Waals surface area (Å²) >= 11 is 1.69. The molecule has 0 radical (unpaired) electrons. The number of halogens is 1. The van der Waals surface area contributed by atoms with E-state index in [-0.39, 0.29) is 24.0 Å². The van der Waals surface area contributed by atoms with Gasteiger partial charge in [0.2, 0.25) is 0 Å². The van der Waals surface area contributed by atoms with Crippen molar-refractivity contribution in [2.45, 2.75) is 19.8 Å². The molecule has 2 N–H and O–H groups in total. The first-order chi connectivity index (χ1) is 10.9. The molecule has 0 unspecified atom stereocenters. The Balaban J connectivity index is 0.00000192. The summed E-state index contributed by atoms with van der Waals surface area (Å²) in [6.45, 7) is 6.84. The number of para-hydroxylation sites is 1. The quantitative estimate of drug-likeness (QED) is 0.321. The number of thiazole rings is 1. The van der Waals surface area contributed by atoms with Crippen LogP contribution in [-0.2, 0) is 0 Å². The van der Waals surface area contributed by atoms with Crippen molar-refractivity contribution in [1.82, 2.24) is 15.2 Å². The first kappa shape index (κ1) is 18.3. The van der Waals surface area contributed by atoms with E-state index in [2.05, 4.69) is 33.5 Å². The van der Waals surface area contributed by atoms with Crippen LogP contribution in [0.3, 0.4) is 0 Å². The minimum absolute atomic E-state index is 0. The van der Waals surface area contributed by atoms with Gasteiger partial charge in [-0.15, -0.1) is 24.0 Å². The average Bonchev–Trinajstić information content (AvgIpc) is 3.19. The highest BCUT2D eigenvalue weighted by molar-refractivity contribution is 14.0. The van der Waals surface area contributed by atoms with Crippen molar-refractivity contribution >= 4 is 56.6 Å². The summed E-state index contributed by atoms with van der Waals surface area (Å²) in [6, 6.07) is 8.22. The summed E-state index contributed by atoms with van der Waals surface area (Å²) in [7, 11) is 0. The molecule has 126 valence electrons. The Labute approximate surface area is 158 Å².